The van der Waals surface area contributed by atoms with Crippen molar-refractivity contribution < 1.29 is 9.72 Å². The molecule has 0 radical (unpaired) electrons. The van der Waals surface area contributed by atoms with Crippen LogP contribution < -0.4 is 10.2 Å². The summed E-state index contributed by atoms with van der Waals surface area (Å²) in [5.74, 6) is -0.139. The van der Waals surface area contributed by atoms with Gasteiger partial charge in [-0.15, -0.1) is 0 Å². The molecule has 1 atom stereocenters. The number of hydrogen-bond acceptors (Lipinski definition) is 5. The van der Waals surface area contributed by atoms with E-state index in [1.807, 2.05) is 6.07 Å². The topological polar surface area (TPSA) is 93.3 Å². The van der Waals surface area contributed by atoms with Crippen LogP contribution in [0.1, 0.15) is 28.8 Å². The van der Waals surface area contributed by atoms with Crippen LogP contribution in [0.4, 0.5) is 11.4 Å². The van der Waals surface area contributed by atoms with Gasteiger partial charge in [0.2, 0.25) is 0 Å². The Bertz CT molecular complexity index is 801. The fourth-order valence-corrected chi connectivity index (χ4v) is 3.26. The third-order valence-corrected chi connectivity index (χ3v) is 4.55. The summed E-state index contributed by atoms with van der Waals surface area (Å²) in [4.78, 5) is 25.0. The molecule has 3 rings (SSSR count). The number of carbonyl (C=O) groups excluding carboxylic acids is 1. The van der Waals surface area contributed by atoms with Crippen LogP contribution in [-0.2, 0) is 7.05 Å². The Morgan fingerprint density at radius 1 is 1.48 bits per heavy atom. The number of carbonyl (C=O) groups is 1. The molecule has 0 unspecified atom stereocenters. The summed E-state index contributed by atoms with van der Waals surface area (Å²) < 4.78 is 1.59. The first-order valence-electron chi connectivity index (χ1n) is 8.24. The van der Waals surface area contributed by atoms with Gasteiger partial charge in [0.05, 0.1) is 16.7 Å². The zero-order valence-corrected chi connectivity index (χ0v) is 14.3. The molecule has 2 aromatic rings. The number of aromatic nitrogens is 2. The molecule has 0 aliphatic carbocycles. The van der Waals surface area contributed by atoms with E-state index in [9.17, 15) is 14.9 Å². The maximum atomic E-state index is 12.2. The van der Waals surface area contributed by atoms with E-state index in [1.54, 1.807) is 43.2 Å². The fraction of sp³-hybridized carbons (Fsp3) is 0.412. The van der Waals surface area contributed by atoms with Crippen molar-refractivity contribution in [2.45, 2.75) is 25.8 Å². The highest BCUT2D eigenvalue weighted by Crippen LogP contribution is 2.29. The maximum absolute atomic E-state index is 12.2. The van der Waals surface area contributed by atoms with Gasteiger partial charge in [-0.1, -0.05) is 0 Å². The average molecular weight is 343 g/mol. The fourth-order valence-electron chi connectivity index (χ4n) is 3.26. The number of nitro groups is 1. The smallest absolute Gasteiger partial charge is 0.272 e. The minimum Gasteiger partial charge on any atom is -0.367 e. The Morgan fingerprint density at radius 3 is 2.92 bits per heavy atom. The molecule has 0 saturated carbocycles. The summed E-state index contributed by atoms with van der Waals surface area (Å²) in [5, 5.41) is 17.9. The highest BCUT2D eigenvalue weighted by Gasteiger charge is 2.26. The second-order valence-corrected chi connectivity index (χ2v) is 6.33. The van der Waals surface area contributed by atoms with Gasteiger partial charge in [0.25, 0.3) is 11.6 Å². The van der Waals surface area contributed by atoms with Gasteiger partial charge < -0.3 is 10.2 Å². The lowest BCUT2D eigenvalue weighted by Crippen LogP contribution is -2.40. The predicted octanol–water partition coefficient (Wildman–Crippen LogP) is 2.04. The Labute approximate surface area is 145 Å². The van der Waals surface area contributed by atoms with Crippen LogP contribution in [-0.4, -0.2) is 39.7 Å². The van der Waals surface area contributed by atoms with E-state index in [0.29, 0.717) is 17.7 Å². The summed E-state index contributed by atoms with van der Waals surface area (Å²) >= 11 is 0. The van der Waals surface area contributed by atoms with Gasteiger partial charge in [0, 0.05) is 49.7 Å². The van der Waals surface area contributed by atoms with Gasteiger partial charge in [-0.2, -0.15) is 5.10 Å². The maximum Gasteiger partial charge on any atom is 0.272 e. The highest BCUT2D eigenvalue weighted by molar-refractivity contribution is 5.93. The number of hydrogen-bond donors (Lipinski definition) is 1. The minimum atomic E-state index is -0.366. The first-order valence-corrected chi connectivity index (χ1v) is 8.24. The van der Waals surface area contributed by atoms with Crippen molar-refractivity contribution in [1.82, 2.24) is 15.1 Å². The first-order chi connectivity index (χ1) is 12.0. The number of nitrogens with zero attached hydrogens (tertiary/aromatic N) is 4. The van der Waals surface area contributed by atoms with Gasteiger partial charge in [-0.3, -0.25) is 19.6 Å². The number of rotatable bonds is 5. The third-order valence-electron chi connectivity index (χ3n) is 4.55. The molecule has 1 aromatic heterocycles. The molecule has 1 saturated heterocycles. The molecule has 2 heterocycles. The molecule has 1 aliphatic heterocycles. The molecule has 1 aromatic carbocycles. The largest absolute Gasteiger partial charge is 0.367 e. The molecule has 25 heavy (non-hydrogen) atoms. The minimum absolute atomic E-state index is 0.129. The molecular weight excluding hydrogens is 322 g/mol. The van der Waals surface area contributed by atoms with Crippen molar-refractivity contribution in [2.75, 3.05) is 18.0 Å². The van der Waals surface area contributed by atoms with E-state index in [-0.39, 0.29) is 22.6 Å². The Kier molecular flexibility index (Phi) is 4.69. The molecule has 0 spiro atoms. The third kappa shape index (κ3) is 3.62. The van der Waals surface area contributed by atoms with Crippen molar-refractivity contribution >= 4 is 17.3 Å². The van der Waals surface area contributed by atoms with E-state index in [4.69, 9.17) is 0 Å². The molecule has 1 N–H and O–H groups in total. The lowest BCUT2D eigenvalue weighted by Gasteiger charge is -2.27. The molecule has 8 nitrogen and oxygen atoms in total. The van der Waals surface area contributed by atoms with Crippen molar-refractivity contribution in [3.05, 3.63) is 51.8 Å². The number of amides is 1. The predicted molar refractivity (Wildman–Crippen MR) is 93.7 cm³/mol. The monoisotopic (exact) mass is 343 g/mol. The van der Waals surface area contributed by atoms with Crippen LogP contribution in [0.5, 0.6) is 0 Å². The summed E-state index contributed by atoms with van der Waals surface area (Å²) in [6.07, 6.45) is 5.23. The van der Waals surface area contributed by atoms with E-state index in [0.717, 1.165) is 25.1 Å². The number of aryl methyl sites for hydroxylation is 2. The molecule has 0 bridgehead atoms. The van der Waals surface area contributed by atoms with Crippen LogP contribution in [0, 0.1) is 17.0 Å². The lowest BCUT2D eigenvalue weighted by atomic mass is 10.1. The van der Waals surface area contributed by atoms with Crippen molar-refractivity contribution in [3.63, 3.8) is 0 Å². The van der Waals surface area contributed by atoms with E-state index >= 15 is 0 Å². The Balaban J connectivity index is 1.67. The lowest BCUT2D eigenvalue weighted by molar-refractivity contribution is -0.385. The second-order valence-electron chi connectivity index (χ2n) is 6.33. The number of benzene rings is 1. The zero-order valence-electron chi connectivity index (χ0n) is 14.3. The summed E-state index contributed by atoms with van der Waals surface area (Å²) in [6.45, 7) is 3.16. The second kappa shape index (κ2) is 6.92. The van der Waals surface area contributed by atoms with E-state index in [1.165, 1.54) is 0 Å². The van der Waals surface area contributed by atoms with Crippen LogP contribution in [0.2, 0.25) is 0 Å². The van der Waals surface area contributed by atoms with Crippen LogP contribution in [0.25, 0.3) is 0 Å². The van der Waals surface area contributed by atoms with Gasteiger partial charge in [0.15, 0.2) is 0 Å². The molecular formula is C17H21N5O3. The molecule has 1 fully saturated rings. The van der Waals surface area contributed by atoms with Crippen LogP contribution in [0.15, 0.2) is 30.6 Å². The summed E-state index contributed by atoms with van der Waals surface area (Å²) in [7, 11) is 1.77. The first kappa shape index (κ1) is 16.9. The molecule has 1 aliphatic rings. The van der Waals surface area contributed by atoms with E-state index in [2.05, 4.69) is 15.3 Å². The standard InChI is InChI=1S/C17H21N5O3/c1-12-8-14(5-6-16(12)22(24)25)21-7-3-4-15(21)10-18-17(23)13-9-19-20(2)11-13/h5-6,8-9,11,15H,3-4,7,10H2,1-2H3,(H,18,23)/t15-/m1/s1. The number of nitro benzene ring substituents is 1. The van der Waals surface area contributed by atoms with Crippen LogP contribution in [0.3, 0.4) is 0 Å². The van der Waals surface area contributed by atoms with Gasteiger partial charge in [-0.25, -0.2) is 0 Å². The normalized spacial score (nSPS) is 16.9. The number of nitrogens with one attached hydrogen (secondary N) is 1. The number of anilines is 1. The van der Waals surface area contributed by atoms with Crippen molar-refractivity contribution in [1.29, 1.82) is 0 Å². The zero-order chi connectivity index (χ0) is 18.0. The summed E-state index contributed by atoms with van der Waals surface area (Å²) in [5.41, 5.74) is 2.27. The highest BCUT2D eigenvalue weighted by atomic mass is 16.6. The Morgan fingerprint density at radius 2 is 2.28 bits per heavy atom. The van der Waals surface area contributed by atoms with E-state index < -0.39 is 0 Å². The quantitative estimate of drug-likeness (QED) is 0.662. The van der Waals surface area contributed by atoms with Crippen molar-refractivity contribution in [2.24, 2.45) is 7.05 Å². The van der Waals surface area contributed by atoms with Gasteiger partial charge in [-0.05, 0) is 31.9 Å². The SMILES string of the molecule is Cc1cc(N2CCC[C@@H]2CNC(=O)c2cnn(C)c2)ccc1[N+](=O)[O-]. The van der Waals surface area contributed by atoms with Gasteiger partial charge in [0.1, 0.15) is 0 Å². The average Bonchev–Trinajstić information content (AvgIpc) is 3.21. The molecule has 8 heteroatoms. The molecule has 132 valence electrons. The Hall–Kier alpha value is -2.90. The van der Waals surface area contributed by atoms with Gasteiger partial charge >= 0.3 is 0 Å². The molecule has 1 amide bonds. The summed E-state index contributed by atoms with van der Waals surface area (Å²) in [6, 6.07) is 5.36. The van der Waals surface area contributed by atoms with Crippen LogP contribution >= 0.6 is 0 Å². The van der Waals surface area contributed by atoms with Crippen molar-refractivity contribution in [3.8, 4) is 0 Å².